The van der Waals surface area contributed by atoms with E-state index in [0.29, 0.717) is 37.8 Å². The second kappa shape index (κ2) is 8.99. The number of hydrogen-bond donors (Lipinski definition) is 0. The maximum Gasteiger partial charge on any atom is 0.224 e. The zero-order valence-electron chi connectivity index (χ0n) is 16.7. The summed E-state index contributed by atoms with van der Waals surface area (Å²) in [7, 11) is 0. The zero-order valence-corrected chi connectivity index (χ0v) is 16.7. The van der Waals surface area contributed by atoms with Crippen molar-refractivity contribution >= 4 is 11.7 Å². The predicted octanol–water partition coefficient (Wildman–Crippen LogP) is 3.94. The summed E-state index contributed by atoms with van der Waals surface area (Å²) < 4.78 is 19.6. The van der Waals surface area contributed by atoms with Crippen LogP contribution in [0.15, 0.2) is 30.6 Å². The summed E-state index contributed by atoms with van der Waals surface area (Å²) in [6, 6.07) is 6.52. The minimum absolute atomic E-state index is 0.103. The van der Waals surface area contributed by atoms with E-state index in [1.165, 1.54) is 12.4 Å². The Balaban J connectivity index is 1.68. The Morgan fingerprint density at radius 1 is 1.29 bits per heavy atom. The average Bonchev–Trinajstić information content (AvgIpc) is 2.69. The lowest BCUT2D eigenvalue weighted by molar-refractivity contribution is -0.133. The standard InChI is InChI=1S/C21H27FN4O2/c1-4-5-6-21(27)26-10-9-25(13-16(26)3)19-12-20(24-14-23-19)28-18-11-15(2)7-8-17(18)22/h7-8,11-12,14,16H,4-6,9-10,13H2,1-3H3. The molecule has 1 saturated heterocycles. The van der Waals surface area contributed by atoms with Gasteiger partial charge in [0.15, 0.2) is 11.6 Å². The third-order valence-electron chi connectivity index (χ3n) is 4.94. The first-order chi connectivity index (χ1) is 13.5. The molecule has 6 nitrogen and oxygen atoms in total. The number of aryl methyl sites for hydroxylation is 1. The van der Waals surface area contributed by atoms with Gasteiger partial charge in [-0.1, -0.05) is 19.4 Å². The average molecular weight is 386 g/mol. The number of halogens is 1. The van der Waals surface area contributed by atoms with Crippen molar-refractivity contribution in [2.24, 2.45) is 0 Å². The van der Waals surface area contributed by atoms with E-state index in [2.05, 4.69) is 28.7 Å². The minimum atomic E-state index is -0.432. The van der Waals surface area contributed by atoms with Crippen LogP contribution in [0.5, 0.6) is 11.6 Å². The fourth-order valence-corrected chi connectivity index (χ4v) is 3.37. The van der Waals surface area contributed by atoms with E-state index >= 15 is 0 Å². The molecule has 0 aliphatic carbocycles. The van der Waals surface area contributed by atoms with Crippen molar-refractivity contribution in [3.63, 3.8) is 0 Å². The first kappa shape index (κ1) is 20.0. The third-order valence-corrected chi connectivity index (χ3v) is 4.94. The third kappa shape index (κ3) is 4.77. The van der Waals surface area contributed by atoms with Crippen LogP contribution in [-0.2, 0) is 4.79 Å². The monoisotopic (exact) mass is 386 g/mol. The highest BCUT2D eigenvalue weighted by molar-refractivity contribution is 5.76. The van der Waals surface area contributed by atoms with E-state index in [9.17, 15) is 9.18 Å². The van der Waals surface area contributed by atoms with E-state index in [1.54, 1.807) is 18.2 Å². The molecular weight excluding hydrogens is 359 g/mol. The molecule has 1 aromatic heterocycles. The Kier molecular flexibility index (Phi) is 6.44. The summed E-state index contributed by atoms with van der Waals surface area (Å²) in [6.45, 7) is 8.06. The summed E-state index contributed by atoms with van der Waals surface area (Å²) in [5.74, 6) is 0.938. The number of hydrogen-bond acceptors (Lipinski definition) is 5. The molecule has 2 aromatic rings. The molecule has 1 unspecified atom stereocenters. The molecule has 0 bridgehead atoms. The number of anilines is 1. The summed E-state index contributed by atoms with van der Waals surface area (Å²) in [6.07, 6.45) is 3.97. The smallest absolute Gasteiger partial charge is 0.224 e. The van der Waals surface area contributed by atoms with Gasteiger partial charge in [-0.25, -0.2) is 14.4 Å². The van der Waals surface area contributed by atoms with Crippen LogP contribution >= 0.6 is 0 Å². The molecule has 1 aromatic carbocycles. The van der Waals surface area contributed by atoms with Gasteiger partial charge in [0.05, 0.1) is 0 Å². The molecule has 1 fully saturated rings. The first-order valence-electron chi connectivity index (χ1n) is 9.78. The van der Waals surface area contributed by atoms with Gasteiger partial charge in [0.2, 0.25) is 11.8 Å². The van der Waals surface area contributed by atoms with Gasteiger partial charge in [0.1, 0.15) is 12.1 Å². The quantitative estimate of drug-likeness (QED) is 0.753. The highest BCUT2D eigenvalue weighted by Gasteiger charge is 2.27. The van der Waals surface area contributed by atoms with Gasteiger partial charge in [-0.2, -0.15) is 0 Å². The van der Waals surface area contributed by atoms with E-state index in [1.807, 2.05) is 11.8 Å². The summed E-state index contributed by atoms with van der Waals surface area (Å²) in [5, 5.41) is 0. The molecule has 1 atom stereocenters. The number of carbonyl (C=O) groups excluding carboxylic acids is 1. The highest BCUT2D eigenvalue weighted by atomic mass is 19.1. The molecule has 2 heterocycles. The van der Waals surface area contributed by atoms with Crippen molar-refractivity contribution in [3.05, 3.63) is 42.0 Å². The molecule has 1 aliphatic heterocycles. The molecule has 0 saturated carbocycles. The topological polar surface area (TPSA) is 58.6 Å². The van der Waals surface area contributed by atoms with Crippen molar-refractivity contribution in [3.8, 4) is 11.6 Å². The van der Waals surface area contributed by atoms with Crippen LogP contribution in [0.4, 0.5) is 10.2 Å². The van der Waals surface area contributed by atoms with Crippen LogP contribution in [0.2, 0.25) is 0 Å². The van der Waals surface area contributed by atoms with Crippen LogP contribution in [0.25, 0.3) is 0 Å². The number of ether oxygens (including phenoxy) is 1. The lowest BCUT2D eigenvalue weighted by Crippen LogP contribution is -2.54. The van der Waals surface area contributed by atoms with Crippen LogP contribution < -0.4 is 9.64 Å². The lowest BCUT2D eigenvalue weighted by Gasteiger charge is -2.40. The molecule has 1 aliphatic rings. The van der Waals surface area contributed by atoms with Gasteiger partial charge in [-0.15, -0.1) is 0 Å². The maximum atomic E-state index is 14.0. The SMILES string of the molecule is CCCCC(=O)N1CCN(c2cc(Oc3cc(C)ccc3F)ncn2)CC1C. The Morgan fingerprint density at radius 2 is 2.11 bits per heavy atom. The van der Waals surface area contributed by atoms with Crippen molar-refractivity contribution in [1.29, 1.82) is 0 Å². The van der Waals surface area contributed by atoms with Gasteiger partial charge in [-0.05, 0) is 38.0 Å². The van der Waals surface area contributed by atoms with Crippen LogP contribution in [0.1, 0.15) is 38.7 Å². The fraction of sp³-hybridized carbons (Fsp3) is 0.476. The van der Waals surface area contributed by atoms with Gasteiger partial charge in [0, 0.05) is 38.2 Å². The van der Waals surface area contributed by atoms with Crippen molar-refractivity contribution in [2.45, 2.75) is 46.1 Å². The highest BCUT2D eigenvalue weighted by Crippen LogP contribution is 2.26. The molecule has 3 rings (SSSR count). The number of amides is 1. The number of nitrogens with zero attached hydrogens (tertiary/aromatic N) is 4. The number of rotatable bonds is 6. The van der Waals surface area contributed by atoms with Crippen LogP contribution in [0.3, 0.4) is 0 Å². The second-order valence-corrected chi connectivity index (χ2v) is 7.24. The molecule has 0 spiro atoms. The first-order valence-corrected chi connectivity index (χ1v) is 9.78. The van der Waals surface area contributed by atoms with E-state index in [4.69, 9.17) is 4.74 Å². The Bertz CT molecular complexity index is 830. The molecule has 0 N–H and O–H groups in total. The second-order valence-electron chi connectivity index (χ2n) is 7.24. The summed E-state index contributed by atoms with van der Waals surface area (Å²) in [5.41, 5.74) is 0.906. The van der Waals surface area contributed by atoms with Crippen LogP contribution in [0, 0.1) is 12.7 Å². The Hall–Kier alpha value is -2.70. The van der Waals surface area contributed by atoms with E-state index < -0.39 is 5.82 Å². The summed E-state index contributed by atoms with van der Waals surface area (Å²) in [4.78, 5) is 24.9. The maximum absolute atomic E-state index is 14.0. The number of aromatic nitrogens is 2. The van der Waals surface area contributed by atoms with E-state index in [-0.39, 0.29) is 17.7 Å². The van der Waals surface area contributed by atoms with Gasteiger partial charge < -0.3 is 14.5 Å². The number of piperazine rings is 1. The Labute approximate surface area is 165 Å². The normalized spacial score (nSPS) is 16.9. The molecule has 7 heteroatoms. The number of carbonyl (C=O) groups is 1. The van der Waals surface area contributed by atoms with Crippen LogP contribution in [-0.4, -0.2) is 46.5 Å². The molecule has 0 radical (unpaired) electrons. The lowest BCUT2D eigenvalue weighted by atomic mass is 10.1. The van der Waals surface area contributed by atoms with E-state index in [0.717, 1.165) is 18.4 Å². The van der Waals surface area contributed by atoms with Gasteiger partial charge >= 0.3 is 0 Å². The van der Waals surface area contributed by atoms with Crippen molar-refractivity contribution < 1.29 is 13.9 Å². The number of benzene rings is 1. The van der Waals surface area contributed by atoms with Gasteiger partial charge in [0.25, 0.3) is 0 Å². The molecule has 28 heavy (non-hydrogen) atoms. The zero-order chi connectivity index (χ0) is 20.1. The Morgan fingerprint density at radius 3 is 2.86 bits per heavy atom. The van der Waals surface area contributed by atoms with Crippen molar-refractivity contribution in [2.75, 3.05) is 24.5 Å². The largest absolute Gasteiger partial charge is 0.436 e. The molecular formula is C21H27FN4O2. The predicted molar refractivity (Wildman–Crippen MR) is 106 cm³/mol. The molecule has 1 amide bonds. The minimum Gasteiger partial charge on any atom is -0.436 e. The van der Waals surface area contributed by atoms with Gasteiger partial charge in [-0.3, -0.25) is 4.79 Å². The fourth-order valence-electron chi connectivity index (χ4n) is 3.37. The number of unbranched alkanes of at least 4 members (excludes halogenated alkanes) is 1. The molecule has 150 valence electrons. The van der Waals surface area contributed by atoms with Crippen molar-refractivity contribution in [1.82, 2.24) is 14.9 Å². The summed E-state index contributed by atoms with van der Waals surface area (Å²) >= 11 is 0.